The van der Waals surface area contributed by atoms with E-state index in [0.29, 0.717) is 5.41 Å². The Morgan fingerprint density at radius 2 is 1.75 bits per heavy atom. The molecule has 12 heavy (non-hydrogen) atoms. The normalized spacial score (nSPS) is 29.0. The molecule has 0 bridgehead atoms. The van der Waals surface area contributed by atoms with E-state index >= 15 is 0 Å². The third-order valence-corrected chi connectivity index (χ3v) is 3.83. The van der Waals surface area contributed by atoms with Gasteiger partial charge in [-0.2, -0.15) is 0 Å². The van der Waals surface area contributed by atoms with Crippen molar-refractivity contribution in [3.63, 3.8) is 0 Å². The topological polar surface area (TPSA) is 0 Å². The molecule has 0 radical (unpaired) electrons. The van der Waals surface area contributed by atoms with E-state index < -0.39 is 0 Å². The van der Waals surface area contributed by atoms with Crippen molar-refractivity contribution in [1.82, 2.24) is 0 Å². The Hall–Kier alpha value is 0. The zero-order valence-corrected chi connectivity index (χ0v) is 9.35. The van der Waals surface area contributed by atoms with Gasteiger partial charge in [0.15, 0.2) is 0 Å². The van der Waals surface area contributed by atoms with Crippen LogP contribution < -0.4 is 0 Å². The maximum Gasteiger partial charge on any atom is -0.0323 e. The molecule has 1 fully saturated rings. The quantitative estimate of drug-likeness (QED) is 0.592. The second-order valence-corrected chi connectivity index (χ2v) is 5.69. The summed E-state index contributed by atoms with van der Waals surface area (Å²) in [5.74, 6) is 2.83. The summed E-state index contributed by atoms with van der Waals surface area (Å²) in [5, 5.41) is 0. The van der Waals surface area contributed by atoms with Crippen LogP contribution in [0.4, 0.5) is 0 Å². The van der Waals surface area contributed by atoms with Crippen LogP contribution in [-0.2, 0) is 0 Å². The standard InChI is InChI=1S/C12H24/c1-9(2)10(3)6-7-11-8-12(11,4)5/h9-11H,6-8H2,1-5H3. The lowest BCUT2D eigenvalue weighted by molar-refractivity contribution is 0.361. The van der Waals surface area contributed by atoms with Crippen molar-refractivity contribution in [2.24, 2.45) is 23.2 Å². The van der Waals surface area contributed by atoms with E-state index in [1.54, 1.807) is 0 Å². The van der Waals surface area contributed by atoms with Crippen molar-refractivity contribution in [2.75, 3.05) is 0 Å². The summed E-state index contributed by atoms with van der Waals surface area (Å²) in [5.41, 5.74) is 0.691. The molecule has 1 saturated carbocycles. The van der Waals surface area contributed by atoms with Crippen LogP contribution in [-0.4, -0.2) is 0 Å². The smallest absolute Gasteiger partial charge is 0.0323 e. The molecule has 0 saturated heterocycles. The molecule has 0 heteroatoms. The highest BCUT2D eigenvalue weighted by atomic mass is 14.5. The minimum Gasteiger partial charge on any atom is -0.0625 e. The van der Waals surface area contributed by atoms with E-state index in [0.717, 1.165) is 17.8 Å². The second kappa shape index (κ2) is 3.40. The van der Waals surface area contributed by atoms with Crippen molar-refractivity contribution in [1.29, 1.82) is 0 Å². The molecule has 0 spiro atoms. The molecule has 0 nitrogen and oxygen atoms in total. The highest BCUT2D eigenvalue weighted by Crippen LogP contribution is 2.54. The predicted molar refractivity (Wildman–Crippen MR) is 55.1 cm³/mol. The summed E-state index contributed by atoms with van der Waals surface area (Å²) in [7, 11) is 0. The first-order valence-electron chi connectivity index (χ1n) is 5.43. The molecule has 1 aliphatic rings. The van der Waals surface area contributed by atoms with Gasteiger partial charge in [-0.25, -0.2) is 0 Å². The van der Waals surface area contributed by atoms with E-state index in [4.69, 9.17) is 0 Å². The minimum atomic E-state index is 0.691. The average Bonchev–Trinajstić information content (AvgIpc) is 2.54. The second-order valence-electron chi connectivity index (χ2n) is 5.69. The van der Waals surface area contributed by atoms with E-state index in [2.05, 4.69) is 34.6 Å². The Morgan fingerprint density at radius 3 is 2.08 bits per heavy atom. The van der Waals surface area contributed by atoms with Crippen LogP contribution in [0.5, 0.6) is 0 Å². The summed E-state index contributed by atoms with van der Waals surface area (Å²) in [6.07, 6.45) is 4.37. The van der Waals surface area contributed by atoms with Crippen LogP contribution in [0.3, 0.4) is 0 Å². The van der Waals surface area contributed by atoms with Gasteiger partial charge in [0.1, 0.15) is 0 Å². The van der Waals surface area contributed by atoms with Crippen molar-refractivity contribution in [3.05, 3.63) is 0 Å². The maximum atomic E-state index is 2.40. The molecule has 0 aromatic rings. The van der Waals surface area contributed by atoms with E-state index in [9.17, 15) is 0 Å². The maximum absolute atomic E-state index is 2.40. The third-order valence-electron chi connectivity index (χ3n) is 3.83. The Bertz CT molecular complexity index is 142. The largest absolute Gasteiger partial charge is 0.0625 e. The van der Waals surface area contributed by atoms with Crippen molar-refractivity contribution in [2.45, 2.75) is 53.9 Å². The van der Waals surface area contributed by atoms with Gasteiger partial charge in [0.2, 0.25) is 0 Å². The van der Waals surface area contributed by atoms with Crippen LogP contribution in [0.2, 0.25) is 0 Å². The molecule has 0 aromatic heterocycles. The summed E-state index contributed by atoms with van der Waals surface area (Å²) < 4.78 is 0. The lowest BCUT2D eigenvalue weighted by atomic mass is 9.91. The van der Waals surface area contributed by atoms with Gasteiger partial charge >= 0.3 is 0 Å². The van der Waals surface area contributed by atoms with Gasteiger partial charge in [0.05, 0.1) is 0 Å². The zero-order valence-electron chi connectivity index (χ0n) is 9.35. The molecular weight excluding hydrogens is 144 g/mol. The first-order chi connectivity index (χ1) is 5.43. The lowest BCUT2D eigenvalue weighted by Crippen LogP contribution is -2.04. The van der Waals surface area contributed by atoms with Gasteiger partial charge in [-0.05, 0) is 36.0 Å². The molecule has 2 unspecified atom stereocenters. The van der Waals surface area contributed by atoms with Gasteiger partial charge in [-0.3, -0.25) is 0 Å². The minimum absolute atomic E-state index is 0.691. The van der Waals surface area contributed by atoms with E-state index in [1.807, 2.05) is 0 Å². The number of hydrogen-bond donors (Lipinski definition) is 0. The highest BCUT2D eigenvalue weighted by molar-refractivity contribution is 4.94. The van der Waals surface area contributed by atoms with Crippen LogP contribution in [0.25, 0.3) is 0 Å². The summed E-state index contributed by atoms with van der Waals surface area (Å²) in [4.78, 5) is 0. The first-order valence-corrected chi connectivity index (χ1v) is 5.43. The van der Waals surface area contributed by atoms with Gasteiger partial charge < -0.3 is 0 Å². The molecule has 2 atom stereocenters. The molecule has 0 aliphatic heterocycles. The first kappa shape index (κ1) is 10.1. The zero-order chi connectivity index (χ0) is 9.35. The fourth-order valence-electron chi connectivity index (χ4n) is 1.87. The number of hydrogen-bond acceptors (Lipinski definition) is 0. The van der Waals surface area contributed by atoms with Crippen LogP contribution in [0.1, 0.15) is 53.9 Å². The lowest BCUT2D eigenvalue weighted by Gasteiger charge is -2.15. The van der Waals surface area contributed by atoms with Crippen LogP contribution in [0.15, 0.2) is 0 Å². The van der Waals surface area contributed by atoms with E-state index in [1.165, 1.54) is 19.3 Å². The molecule has 0 N–H and O–H groups in total. The monoisotopic (exact) mass is 168 g/mol. The molecule has 1 rings (SSSR count). The highest BCUT2D eigenvalue weighted by Gasteiger charge is 2.44. The third kappa shape index (κ3) is 2.50. The Balaban J connectivity index is 2.11. The molecule has 1 aliphatic carbocycles. The molecule has 0 aromatic carbocycles. The van der Waals surface area contributed by atoms with Gasteiger partial charge in [-0.15, -0.1) is 0 Å². The molecule has 72 valence electrons. The van der Waals surface area contributed by atoms with Gasteiger partial charge in [0, 0.05) is 0 Å². The van der Waals surface area contributed by atoms with E-state index in [-0.39, 0.29) is 0 Å². The molecule has 0 heterocycles. The van der Waals surface area contributed by atoms with Gasteiger partial charge in [-0.1, -0.05) is 41.0 Å². The SMILES string of the molecule is CC(C)C(C)CCC1CC1(C)C. The fraction of sp³-hybridized carbons (Fsp3) is 1.00. The summed E-state index contributed by atoms with van der Waals surface area (Å²) >= 11 is 0. The molecular formula is C12H24. The Kier molecular flexibility index (Phi) is 2.85. The van der Waals surface area contributed by atoms with Gasteiger partial charge in [0.25, 0.3) is 0 Å². The predicted octanol–water partition coefficient (Wildman–Crippen LogP) is 4.10. The molecule has 0 amide bonds. The Morgan fingerprint density at radius 1 is 1.25 bits per heavy atom. The van der Waals surface area contributed by atoms with Crippen molar-refractivity contribution >= 4 is 0 Å². The van der Waals surface area contributed by atoms with Crippen LogP contribution >= 0.6 is 0 Å². The summed E-state index contributed by atoms with van der Waals surface area (Å²) in [6.45, 7) is 11.9. The Labute approximate surface area is 77.7 Å². The fourth-order valence-corrected chi connectivity index (χ4v) is 1.87. The van der Waals surface area contributed by atoms with Crippen LogP contribution in [0, 0.1) is 23.2 Å². The summed E-state index contributed by atoms with van der Waals surface area (Å²) in [6, 6.07) is 0. The van der Waals surface area contributed by atoms with Crippen molar-refractivity contribution in [3.8, 4) is 0 Å². The number of rotatable bonds is 4. The average molecular weight is 168 g/mol. The van der Waals surface area contributed by atoms with Crippen molar-refractivity contribution < 1.29 is 0 Å².